The normalized spacial score (nSPS) is 31.2. The molecule has 1 fully saturated rings. The highest BCUT2D eigenvalue weighted by Crippen LogP contribution is 2.42. The number of hydrogen-bond donors (Lipinski definition) is 0. The van der Waals surface area contributed by atoms with E-state index >= 15 is 0 Å². The summed E-state index contributed by atoms with van der Waals surface area (Å²) in [6.45, 7) is 6.43. The average molecular weight is 251 g/mol. The van der Waals surface area contributed by atoms with Crippen LogP contribution >= 0.6 is 0 Å². The molecule has 2 aliphatic heterocycles. The van der Waals surface area contributed by atoms with Crippen molar-refractivity contribution in [2.75, 3.05) is 0 Å². The Morgan fingerprint density at radius 3 is 2.56 bits per heavy atom. The molecule has 1 saturated heterocycles. The molecule has 0 aromatic carbocycles. The number of allylic oxidation sites excluding steroid dienone is 1. The number of ether oxygens (including phenoxy) is 1. The quantitative estimate of drug-likeness (QED) is 0.723. The largest absolute Gasteiger partial charge is 0.351 e. The Morgan fingerprint density at radius 1 is 1.39 bits per heavy atom. The molecule has 4 heteroatoms. The summed E-state index contributed by atoms with van der Waals surface area (Å²) >= 11 is 0. The fourth-order valence-corrected chi connectivity index (χ4v) is 3.04. The van der Waals surface area contributed by atoms with E-state index < -0.39 is 0 Å². The van der Waals surface area contributed by atoms with Gasteiger partial charge in [-0.3, -0.25) is 14.5 Å². The van der Waals surface area contributed by atoms with Crippen LogP contribution in [-0.4, -0.2) is 28.4 Å². The Labute approximate surface area is 108 Å². The van der Waals surface area contributed by atoms with Crippen molar-refractivity contribution in [1.29, 1.82) is 0 Å². The average Bonchev–Trinajstić information content (AvgIpc) is 2.67. The van der Waals surface area contributed by atoms with Crippen LogP contribution in [0.1, 0.15) is 46.5 Å². The molecular weight excluding hydrogens is 230 g/mol. The molecule has 2 heterocycles. The molecule has 2 aliphatic rings. The minimum absolute atomic E-state index is 0.0318. The van der Waals surface area contributed by atoms with Gasteiger partial charge in [-0.2, -0.15) is 0 Å². The molecule has 0 aromatic rings. The standard InChI is InChI=1S/C14H21NO3/c1-4-14(5-2)10(3)8-13(18-14)15-7-6-11(16)9-12(15)17/h6-7,10,13H,4-5,8-9H2,1-3H3/t10-,13+/m0/s1. The lowest BCUT2D eigenvalue weighted by molar-refractivity contribution is -0.150. The maximum absolute atomic E-state index is 11.9. The van der Waals surface area contributed by atoms with Crippen LogP contribution in [0.2, 0.25) is 0 Å². The summed E-state index contributed by atoms with van der Waals surface area (Å²) in [5, 5.41) is 0. The van der Waals surface area contributed by atoms with Gasteiger partial charge >= 0.3 is 0 Å². The van der Waals surface area contributed by atoms with Gasteiger partial charge in [-0.1, -0.05) is 20.8 Å². The summed E-state index contributed by atoms with van der Waals surface area (Å²) in [7, 11) is 0. The van der Waals surface area contributed by atoms with Gasteiger partial charge in [-0.15, -0.1) is 0 Å². The van der Waals surface area contributed by atoms with Gasteiger partial charge in [0.2, 0.25) is 5.91 Å². The third kappa shape index (κ3) is 2.09. The zero-order valence-corrected chi connectivity index (χ0v) is 11.3. The molecule has 0 N–H and O–H groups in total. The van der Waals surface area contributed by atoms with Gasteiger partial charge in [0, 0.05) is 6.20 Å². The van der Waals surface area contributed by atoms with E-state index in [-0.39, 0.29) is 29.9 Å². The number of nitrogens with zero attached hydrogens (tertiary/aromatic N) is 1. The molecule has 4 nitrogen and oxygen atoms in total. The minimum Gasteiger partial charge on any atom is -0.351 e. The fourth-order valence-electron chi connectivity index (χ4n) is 3.04. The topological polar surface area (TPSA) is 46.6 Å². The second kappa shape index (κ2) is 4.84. The first-order valence-corrected chi connectivity index (χ1v) is 6.72. The van der Waals surface area contributed by atoms with Crippen molar-refractivity contribution < 1.29 is 14.3 Å². The predicted molar refractivity (Wildman–Crippen MR) is 67.6 cm³/mol. The van der Waals surface area contributed by atoms with Gasteiger partial charge in [-0.05, 0) is 31.3 Å². The van der Waals surface area contributed by atoms with Crippen molar-refractivity contribution in [1.82, 2.24) is 4.90 Å². The Kier molecular flexibility index (Phi) is 3.57. The lowest BCUT2D eigenvalue weighted by Crippen LogP contribution is -2.41. The fraction of sp³-hybridized carbons (Fsp3) is 0.714. The zero-order valence-electron chi connectivity index (χ0n) is 11.3. The highest BCUT2D eigenvalue weighted by molar-refractivity contribution is 6.06. The molecule has 0 aliphatic carbocycles. The van der Waals surface area contributed by atoms with Crippen molar-refractivity contribution in [3.8, 4) is 0 Å². The molecule has 0 aromatic heterocycles. The summed E-state index contributed by atoms with van der Waals surface area (Å²) in [6, 6.07) is 0. The van der Waals surface area contributed by atoms with E-state index in [2.05, 4.69) is 20.8 Å². The first-order chi connectivity index (χ1) is 8.52. The molecular formula is C14H21NO3. The predicted octanol–water partition coefficient (Wildman–Crippen LogP) is 2.24. The second-order valence-electron chi connectivity index (χ2n) is 5.24. The van der Waals surface area contributed by atoms with Gasteiger partial charge in [0.05, 0.1) is 12.0 Å². The van der Waals surface area contributed by atoms with Crippen molar-refractivity contribution in [3.05, 3.63) is 12.3 Å². The van der Waals surface area contributed by atoms with E-state index in [0.29, 0.717) is 5.92 Å². The smallest absolute Gasteiger partial charge is 0.236 e. The molecule has 0 bridgehead atoms. The maximum atomic E-state index is 11.9. The van der Waals surface area contributed by atoms with Crippen LogP contribution in [0, 0.1) is 5.92 Å². The van der Waals surface area contributed by atoms with Crippen molar-refractivity contribution in [3.63, 3.8) is 0 Å². The Hall–Kier alpha value is -1.16. The lowest BCUT2D eigenvalue weighted by atomic mass is 9.84. The maximum Gasteiger partial charge on any atom is 0.236 e. The first-order valence-electron chi connectivity index (χ1n) is 6.72. The van der Waals surface area contributed by atoms with Crippen LogP contribution in [-0.2, 0) is 14.3 Å². The summed E-state index contributed by atoms with van der Waals surface area (Å²) in [6.07, 6.45) is 5.54. The van der Waals surface area contributed by atoms with Crippen LogP contribution in [0.15, 0.2) is 12.3 Å². The molecule has 2 rings (SSSR count). The van der Waals surface area contributed by atoms with E-state index in [1.54, 1.807) is 11.1 Å². The summed E-state index contributed by atoms with van der Waals surface area (Å²) in [5.74, 6) is 0.151. The molecule has 18 heavy (non-hydrogen) atoms. The number of ketones is 1. The molecule has 1 amide bonds. The Bertz CT molecular complexity index is 385. The van der Waals surface area contributed by atoms with Crippen LogP contribution in [0.4, 0.5) is 0 Å². The minimum atomic E-state index is -0.211. The lowest BCUT2D eigenvalue weighted by Gasteiger charge is -2.33. The van der Waals surface area contributed by atoms with Crippen molar-refractivity contribution in [2.24, 2.45) is 5.92 Å². The third-order valence-corrected chi connectivity index (χ3v) is 4.37. The first kappa shape index (κ1) is 13.3. The van der Waals surface area contributed by atoms with Gasteiger partial charge in [0.15, 0.2) is 5.78 Å². The highest BCUT2D eigenvalue weighted by Gasteiger charge is 2.46. The molecule has 2 atom stereocenters. The van der Waals surface area contributed by atoms with Crippen LogP contribution in [0.25, 0.3) is 0 Å². The van der Waals surface area contributed by atoms with Crippen molar-refractivity contribution in [2.45, 2.75) is 58.3 Å². The monoisotopic (exact) mass is 251 g/mol. The number of amides is 1. The van der Waals surface area contributed by atoms with Gasteiger partial charge < -0.3 is 4.74 Å². The number of hydrogen-bond acceptors (Lipinski definition) is 3. The van der Waals surface area contributed by atoms with Crippen molar-refractivity contribution >= 4 is 11.7 Å². The van der Waals surface area contributed by atoms with Crippen LogP contribution < -0.4 is 0 Å². The van der Waals surface area contributed by atoms with Crippen LogP contribution in [0.3, 0.4) is 0 Å². The molecule has 0 radical (unpaired) electrons. The van der Waals surface area contributed by atoms with Gasteiger partial charge in [0.25, 0.3) is 0 Å². The molecule has 0 spiro atoms. The number of rotatable bonds is 3. The summed E-state index contributed by atoms with van der Waals surface area (Å²) in [4.78, 5) is 24.6. The van der Waals surface area contributed by atoms with E-state index in [4.69, 9.17) is 4.74 Å². The highest BCUT2D eigenvalue weighted by atomic mass is 16.5. The van der Waals surface area contributed by atoms with E-state index in [0.717, 1.165) is 19.3 Å². The van der Waals surface area contributed by atoms with Gasteiger partial charge in [-0.25, -0.2) is 0 Å². The molecule has 100 valence electrons. The third-order valence-electron chi connectivity index (χ3n) is 4.37. The van der Waals surface area contributed by atoms with E-state index in [1.165, 1.54) is 6.08 Å². The van der Waals surface area contributed by atoms with E-state index in [1.807, 2.05) is 0 Å². The SMILES string of the molecule is CCC1(CC)O[C@@H](N2C=CC(=O)CC2=O)C[C@@H]1C. The second-order valence-corrected chi connectivity index (χ2v) is 5.24. The number of carbonyl (C=O) groups excluding carboxylic acids is 2. The zero-order chi connectivity index (χ0) is 13.3. The van der Waals surface area contributed by atoms with Gasteiger partial charge in [0.1, 0.15) is 6.23 Å². The summed E-state index contributed by atoms with van der Waals surface area (Å²) < 4.78 is 6.15. The molecule has 0 saturated carbocycles. The molecule has 0 unspecified atom stereocenters. The van der Waals surface area contributed by atoms with E-state index in [9.17, 15) is 9.59 Å². The van der Waals surface area contributed by atoms with Crippen LogP contribution in [0.5, 0.6) is 0 Å². The Balaban J connectivity index is 2.15. The summed E-state index contributed by atoms with van der Waals surface area (Å²) in [5.41, 5.74) is -0.125. The Morgan fingerprint density at radius 2 is 2.06 bits per heavy atom. The number of carbonyl (C=O) groups is 2.